The summed E-state index contributed by atoms with van der Waals surface area (Å²) in [5.41, 5.74) is 1.16. The highest BCUT2D eigenvalue weighted by atomic mass is 32.2. The fraction of sp³-hybridized carbons (Fsp3) is 0.692. The molecule has 1 aromatic heterocycles. The lowest BCUT2D eigenvalue weighted by molar-refractivity contribution is 0.311. The topological polar surface area (TPSA) is 42.2 Å². The molecule has 4 nitrogen and oxygen atoms in total. The van der Waals surface area contributed by atoms with Crippen LogP contribution in [-0.4, -0.2) is 26.7 Å². The number of aliphatic imine (C=N–C) groups is 1. The van der Waals surface area contributed by atoms with E-state index in [4.69, 9.17) is 0 Å². The normalized spacial score (nSPS) is 29.9. The number of nitrogens with one attached hydrogen (secondary N) is 1. The van der Waals surface area contributed by atoms with Gasteiger partial charge < -0.3 is 5.32 Å². The first-order chi connectivity index (χ1) is 8.83. The van der Waals surface area contributed by atoms with E-state index in [0.717, 1.165) is 23.3 Å². The number of fused-ring (bicyclic) bond motifs is 1. The maximum atomic E-state index is 4.69. The maximum absolute atomic E-state index is 4.69. The summed E-state index contributed by atoms with van der Waals surface area (Å²) in [6.07, 6.45) is 7.31. The predicted octanol–water partition coefficient (Wildman–Crippen LogP) is 2.17. The molecule has 1 saturated heterocycles. The number of aromatic nitrogens is 2. The Labute approximate surface area is 112 Å². The van der Waals surface area contributed by atoms with Gasteiger partial charge in [-0.3, -0.25) is 9.67 Å². The zero-order valence-corrected chi connectivity index (χ0v) is 11.6. The maximum Gasteiger partial charge on any atom is 0.157 e. The smallest absolute Gasteiger partial charge is 0.157 e. The van der Waals surface area contributed by atoms with Gasteiger partial charge in [0.05, 0.1) is 12.2 Å². The van der Waals surface area contributed by atoms with Gasteiger partial charge in [0.2, 0.25) is 0 Å². The first-order valence-electron chi connectivity index (χ1n) is 6.73. The Bertz CT molecular complexity index is 440. The lowest BCUT2D eigenvalue weighted by Gasteiger charge is -2.36. The van der Waals surface area contributed by atoms with Gasteiger partial charge in [0.1, 0.15) is 0 Å². The van der Waals surface area contributed by atoms with Crippen LogP contribution in [0.15, 0.2) is 17.3 Å². The molecule has 0 aromatic carbocycles. The average molecular weight is 264 g/mol. The minimum Gasteiger partial charge on any atom is -0.362 e. The van der Waals surface area contributed by atoms with Crippen LogP contribution in [0.25, 0.3) is 0 Å². The van der Waals surface area contributed by atoms with Crippen molar-refractivity contribution < 1.29 is 0 Å². The van der Waals surface area contributed by atoms with Gasteiger partial charge in [0.15, 0.2) is 5.17 Å². The Kier molecular flexibility index (Phi) is 3.59. The third kappa shape index (κ3) is 2.55. The highest BCUT2D eigenvalue weighted by molar-refractivity contribution is 8.13. The molecule has 2 aliphatic rings. The highest BCUT2D eigenvalue weighted by Crippen LogP contribution is 2.31. The number of aryl methyl sites for hydroxylation is 1. The van der Waals surface area contributed by atoms with E-state index in [1.165, 1.54) is 31.4 Å². The van der Waals surface area contributed by atoms with Gasteiger partial charge in [0, 0.05) is 25.0 Å². The monoisotopic (exact) mass is 264 g/mol. The van der Waals surface area contributed by atoms with Gasteiger partial charge in [-0.2, -0.15) is 5.10 Å². The van der Waals surface area contributed by atoms with E-state index < -0.39 is 0 Å². The van der Waals surface area contributed by atoms with Gasteiger partial charge in [-0.15, -0.1) is 0 Å². The molecule has 2 heterocycles. The van der Waals surface area contributed by atoms with Crippen LogP contribution < -0.4 is 5.32 Å². The third-order valence-electron chi connectivity index (χ3n) is 3.96. The van der Waals surface area contributed by atoms with Crippen LogP contribution in [0.5, 0.6) is 0 Å². The average Bonchev–Trinajstić information content (AvgIpc) is 2.82. The Morgan fingerprint density at radius 2 is 2.39 bits per heavy atom. The second-order valence-electron chi connectivity index (χ2n) is 5.17. The summed E-state index contributed by atoms with van der Waals surface area (Å²) in [4.78, 5) is 4.69. The SMILES string of the molecule is Cn1nccc1CN=C1NC2CCCCC2CS1. The molecule has 2 atom stereocenters. The van der Waals surface area contributed by atoms with E-state index in [1.54, 1.807) is 0 Å². The summed E-state index contributed by atoms with van der Waals surface area (Å²) in [5.74, 6) is 2.10. The van der Waals surface area contributed by atoms with E-state index in [-0.39, 0.29) is 0 Å². The molecule has 1 N–H and O–H groups in total. The quantitative estimate of drug-likeness (QED) is 0.890. The van der Waals surface area contributed by atoms with Crippen molar-refractivity contribution in [3.63, 3.8) is 0 Å². The summed E-state index contributed by atoms with van der Waals surface area (Å²) in [6, 6.07) is 2.70. The number of nitrogens with zero attached hydrogens (tertiary/aromatic N) is 3. The molecule has 2 unspecified atom stereocenters. The van der Waals surface area contributed by atoms with Crippen molar-refractivity contribution in [2.24, 2.45) is 18.0 Å². The van der Waals surface area contributed by atoms with Crippen molar-refractivity contribution in [3.8, 4) is 0 Å². The number of hydrogen-bond acceptors (Lipinski definition) is 3. The molecule has 0 amide bonds. The summed E-state index contributed by atoms with van der Waals surface area (Å²) < 4.78 is 1.89. The van der Waals surface area contributed by atoms with Crippen LogP contribution in [0.2, 0.25) is 0 Å². The largest absolute Gasteiger partial charge is 0.362 e. The van der Waals surface area contributed by atoms with Gasteiger partial charge in [0.25, 0.3) is 0 Å². The molecule has 1 aromatic rings. The molecular weight excluding hydrogens is 244 g/mol. The number of hydrogen-bond donors (Lipinski definition) is 1. The fourth-order valence-electron chi connectivity index (χ4n) is 2.78. The molecule has 1 aliphatic carbocycles. The molecule has 18 heavy (non-hydrogen) atoms. The molecule has 2 fully saturated rings. The molecule has 3 rings (SSSR count). The lowest BCUT2D eigenvalue weighted by Crippen LogP contribution is -2.46. The van der Waals surface area contributed by atoms with Crippen molar-refractivity contribution in [2.45, 2.75) is 38.3 Å². The minimum atomic E-state index is 0.672. The van der Waals surface area contributed by atoms with Crippen LogP contribution in [0.4, 0.5) is 0 Å². The second kappa shape index (κ2) is 5.34. The lowest BCUT2D eigenvalue weighted by atomic mass is 9.86. The fourth-order valence-corrected chi connectivity index (χ4v) is 3.95. The predicted molar refractivity (Wildman–Crippen MR) is 75.7 cm³/mol. The summed E-state index contributed by atoms with van der Waals surface area (Å²) in [5, 5.41) is 8.91. The number of thioether (sulfide) groups is 1. The van der Waals surface area contributed by atoms with E-state index >= 15 is 0 Å². The Balaban J connectivity index is 1.61. The minimum absolute atomic E-state index is 0.672. The van der Waals surface area contributed by atoms with Crippen molar-refractivity contribution >= 4 is 16.9 Å². The molecule has 1 aliphatic heterocycles. The van der Waals surface area contributed by atoms with Gasteiger partial charge in [-0.1, -0.05) is 24.6 Å². The molecule has 98 valence electrons. The molecule has 1 saturated carbocycles. The van der Waals surface area contributed by atoms with Crippen LogP contribution in [0, 0.1) is 5.92 Å². The molecule has 5 heteroatoms. The number of amidine groups is 1. The first kappa shape index (κ1) is 12.1. The van der Waals surface area contributed by atoms with Gasteiger partial charge >= 0.3 is 0 Å². The highest BCUT2D eigenvalue weighted by Gasteiger charge is 2.30. The standard InChI is InChI=1S/C13H20N4S/c1-17-11(6-7-15-17)8-14-13-16-12-5-3-2-4-10(12)9-18-13/h6-7,10,12H,2-5,8-9H2,1H3,(H,14,16). The summed E-state index contributed by atoms with van der Waals surface area (Å²) >= 11 is 1.89. The Hall–Kier alpha value is -0.970. The molecule has 0 spiro atoms. The van der Waals surface area contributed by atoms with Crippen molar-refractivity contribution in [3.05, 3.63) is 18.0 Å². The van der Waals surface area contributed by atoms with Crippen LogP contribution in [-0.2, 0) is 13.6 Å². The van der Waals surface area contributed by atoms with Crippen molar-refractivity contribution in [2.75, 3.05) is 5.75 Å². The van der Waals surface area contributed by atoms with Crippen molar-refractivity contribution in [1.82, 2.24) is 15.1 Å². The summed E-state index contributed by atoms with van der Waals surface area (Å²) in [7, 11) is 1.97. The molecule has 0 radical (unpaired) electrons. The first-order valence-corrected chi connectivity index (χ1v) is 7.72. The third-order valence-corrected chi connectivity index (χ3v) is 5.07. The van der Waals surface area contributed by atoms with E-state index in [2.05, 4.69) is 15.4 Å². The van der Waals surface area contributed by atoms with Crippen LogP contribution in [0.1, 0.15) is 31.4 Å². The van der Waals surface area contributed by atoms with Gasteiger partial charge in [-0.25, -0.2) is 0 Å². The van der Waals surface area contributed by atoms with Crippen LogP contribution >= 0.6 is 11.8 Å². The summed E-state index contributed by atoms with van der Waals surface area (Å²) in [6.45, 7) is 0.725. The molecular formula is C13H20N4S. The second-order valence-corrected chi connectivity index (χ2v) is 6.18. The van der Waals surface area contributed by atoms with Crippen molar-refractivity contribution in [1.29, 1.82) is 0 Å². The zero-order valence-electron chi connectivity index (χ0n) is 10.8. The molecule has 0 bridgehead atoms. The van der Waals surface area contributed by atoms with Crippen LogP contribution in [0.3, 0.4) is 0 Å². The Morgan fingerprint density at radius 3 is 3.22 bits per heavy atom. The van der Waals surface area contributed by atoms with Gasteiger partial charge in [-0.05, 0) is 24.8 Å². The van der Waals surface area contributed by atoms with E-state index in [9.17, 15) is 0 Å². The number of rotatable bonds is 2. The van der Waals surface area contributed by atoms with E-state index in [1.807, 2.05) is 35.8 Å². The van der Waals surface area contributed by atoms with E-state index in [0.29, 0.717) is 6.04 Å². The Morgan fingerprint density at radius 1 is 1.50 bits per heavy atom. The zero-order chi connectivity index (χ0) is 12.4.